The van der Waals surface area contributed by atoms with Crippen molar-refractivity contribution < 1.29 is 33.6 Å². The largest absolute Gasteiger partial charge is 0.265 e. The topological polar surface area (TPSA) is 12.9 Å². The van der Waals surface area contributed by atoms with E-state index in [9.17, 15) is 0 Å². The van der Waals surface area contributed by atoms with Gasteiger partial charge in [-0.1, -0.05) is 12.7 Å². The van der Waals surface area contributed by atoms with E-state index in [-0.39, 0.29) is 33.6 Å². The maximum absolute atomic E-state index is 3.85. The first kappa shape index (κ1) is 12.6. The van der Waals surface area contributed by atoms with Crippen LogP contribution >= 0.6 is 0 Å². The predicted molar refractivity (Wildman–Crippen MR) is 34.3 cm³/mol. The number of aromatic nitrogens is 1. The number of pyridine rings is 1. The van der Waals surface area contributed by atoms with Crippen molar-refractivity contribution in [3.63, 3.8) is 0 Å². The summed E-state index contributed by atoms with van der Waals surface area (Å²) in [6.07, 6.45) is 5.29. The maximum Gasteiger partial charge on any atom is 0.0273 e. The summed E-state index contributed by atoms with van der Waals surface area (Å²) in [5.74, 6) is 0. The summed E-state index contributed by atoms with van der Waals surface area (Å²) < 4.78 is 0. The summed E-state index contributed by atoms with van der Waals surface area (Å²) in [5, 5.41) is 0. The average Bonchev–Trinajstić information content (AvgIpc) is 1.90. The van der Waals surface area contributed by atoms with Crippen LogP contribution in [0.1, 0.15) is 5.56 Å². The molecule has 0 aliphatic rings. The van der Waals surface area contributed by atoms with Crippen LogP contribution in [-0.4, -0.2) is 4.98 Å². The minimum absolute atomic E-state index is 0. The van der Waals surface area contributed by atoms with Gasteiger partial charge in [-0.15, -0.1) is 0 Å². The first-order valence-electron chi connectivity index (χ1n) is 2.46. The molecule has 0 unspecified atom stereocenters. The van der Waals surface area contributed by atoms with Gasteiger partial charge in [0.2, 0.25) is 0 Å². The van der Waals surface area contributed by atoms with Gasteiger partial charge >= 0.3 is 0 Å². The van der Waals surface area contributed by atoms with E-state index in [1.54, 1.807) is 18.5 Å². The van der Waals surface area contributed by atoms with E-state index >= 15 is 0 Å². The van der Waals surface area contributed by atoms with Gasteiger partial charge in [-0.05, 0) is 17.7 Å². The van der Waals surface area contributed by atoms with Gasteiger partial charge in [0.05, 0.1) is 0 Å². The molecule has 1 nitrogen and oxygen atoms in total. The van der Waals surface area contributed by atoms with Crippen molar-refractivity contribution >= 4 is 6.08 Å². The first-order chi connectivity index (χ1) is 3.93. The molecule has 61 valence electrons. The van der Waals surface area contributed by atoms with Gasteiger partial charge in [-0.3, -0.25) is 4.98 Å². The minimum Gasteiger partial charge on any atom is -0.265 e. The Balaban J connectivity index is 0. The number of hydrogen-bond donors (Lipinski definition) is 0. The molecular weight excluding hydrogens is 220 g/mol. The van der Waals surface area contributed by atoms with Crippen LogP contribution in [0.3, 0.4) is 0 Å². The molecule has 1 aromatic heterocycles. The molecule has 3 heteroatoms. The van der Waals surface area contributed by atoms with Crippen LogP contribution in [0, 0.1) is 0 Å². The van der Waals surface area contributed by atoms with E-state index in [0.717, 1.165) is 5.56 Å². The van der Waals surface area contributed by atoms with Gasteiger partial charge in [0.1, 0.15) is 0 Å². The van der Waals surface area contributed by atoms with Crippen LogP contribution < -0.4 is 0 Å². The second-order valence-electron chi connectivity index (χ2n) is 1.48. The van der Waals surface area contributed by atoms with Crippen molar-refractivity contribution in [3.05, 3.63) is 36.7 Å². The Hall–Kier alpha value is -0.0970. The van der Waals surface area contributed by atoms with Crippen molar-refractivity contribution in [2.75, 3.05) is 0 Å². The van der Waals surface area contributed by atoms with E-state index in [1.807, 2.05) is 12.1 Å². The summed E-state index contributed by atoms with van der Waals surface area (Å²) in [7, 11) is 0. The number of hydrogen-bond acceptors (Lipinski definition) is 1. The molecule has 0 amide bonds. The summed E-state index contributed by atoms with van der Waals surface area (Å²) in [4.78, 5) is 3.85. The maximum atomic E-state index is 3.85. The van der Waals surface area contributed by atoms with E-state index < -0.39 is 0 Å². The first-order valence-corrected chi connectivity index (χ1v) is 2.46. The normalized spacial score (nSPS) is 6.80. The molecule has 0 atom stereocenters. The smallest absolute Gasteiger partial charge is 0.0273 e. The Bertz CT molecular complexity index is 176. The standard InChI is InChI=1S/C7H7N.Cu.Ni/c1-2-7-3-5-8-6-4-7;;/h2-6H,1H2;;. The molecule has 0 aliphatic carbocycles. The SMILES string of the molecule is C=Cc1ccncc1.[Cu].[Ni]. The zero-order chi connectivity index (χ0) is 5.82. The summed E-state index contributed by atoms with van der Waals surface area (Å²) >= 11 is 0. The van der Waals surface area contributed by atoms with Gasteiger partial charge in [-0.25, -0.2) is 0 Å². The van der Waals surface area contributed by atoms with Gasteiger partial charge in [0.25, 0.3) is 0 Å². The zero-order valence-corrected chi connectivity index (χ0v) is 7.09. The van der Waals surface area contributed by atoms with Crippen molar-refractivity contribution in [1.82, 2.24) is 4.98 Å². The van der Waals surface area contributed by atoms with Crippen LogP contribution in [-0.2, 0) is 33.6 Å². The molecule has 1 aromatic rings. The summed E-state index contributed by atoms with van der Waals surface area (Å²) in [5.41, 5.74) is 1.11. The van der Waals surface area contributed by atoms with Gasteiger partial charge < -0.3 is 0 Å². The van der Waals surface area contributed by atoms with Crippen LogP contribution in [0.25, 0.3) is 6.08 Å². The van der Waals surface area contributed by atoms with Crippen LogP contribution in [0.15, 0.2) is 31.1 Å². The summed E-state index contributed by atoms with van der Waals surface area (Å²) in [6.45, 7) is 3.60. The monoisotopic (exact) mass is 226 g/mol. The van der Waals surface area contributed by atoms with Gasteiger partial charge in [0, 0.05) is 46.0 Å². The number of rotatable bonds is 1. The van der Waals surface area contributed by atoms with E-state index in [0.29, 0.717) is 0 Å². The van der Waals surface area contributed by atoms with Crippen molar-refractivity contribution in [2.24, 2.45) is 0 Å². The van der Waals surface area contributed by atoms with E-state index in [2.05, 4.69) is 11.6 Å². The Morgan fingerprint density at radius 2 is 1.80 bits per heavy atom. The number of nitrogens with zero attached hydrogens (tertiary/aromatic N) is 1. The fraction of sp³-hybridized carbons (Fsp3) is 0. The second-order valence-corrected chi connectivity index (χ2v) is 1.48. The molecule has 0 aromatic carbocycles. The third-order valence-corrected chi connectivity index (χ3v) is 0.942. The van der Waals surface area contributed by atoms with E-state index in [1.165, 1.54) is 0 Å². The Labute approximate surface area is 81.3 Å². The minimum atomic E-state index is 0. The van der Waals surface area contributed by atoms with Crippen molar-refractivity contribution in [2.45, 2.75) is 0 Å². The van der Waals surface area contributed by atoms with Crippen LogP contribution in [0.4, 0.5) is 0 Å². The average molecular weight is 227 g/mol. The Morgan fingerprint density at radius 3 is 2.10 bits per heavy atom. The van der Waals surface area contributed by atoms with Crippen molar-refractivity contribution in [1.29, 1.82) is 0 Å². The molecule has 0 spiro atoms. The van der Waals surface area contributed by atoms with Gasteiger partial charge in [-0.2, -0.15) is 0 Å². The van der Waals surface area contributed by atoms with Crippen molar-refractivity contribution in [3.8, 4) is 0 Å². The Kier molecular flexibility index (Phi) is 8.82. The molecule has 1 heterocycles. The second kappa shape index (κ2) is 7.02. The molecule has 0 bridgehead atoms. The summed E-state index contributed by atoms with van der Waals surface area (Å²) in [6, 6.07) is 3.82. The third-order valence-electron chi connectivity index (χ3n) is 0.942. The van der Waals surface area contributed by atoms with Crippen LogP contribution in [0.2, 0.25) is 0 Å². The predicted octanol–water partition coefficient (Wildman–Crippen LogP) is 1.72. The quantitative estimate of drug-likeness (QED) is 0.666. The van der Waals surface area contributed by atoms with Crippen LogP contribution in [0.5, 0.6) is 0 Å². The fourth-order valence-corrected chi connectivity index (χ4v) is 0.500. The molecular formula is C7H7CuNNi. The molecule has 0 N–H and O–H groups in total. The zero-order valence-electron chi connectivity index (χ0n) is 5.16. The molecule has 1 rings (SSSR count). The molecule has 0 saturated carbocycles. The Morgan fingerprint density at radius 1 is 1.30 bits per heavy atom. The third kappa shape index (κ3) is 3.84. The molecule has 0 fully saturated rings. The molecule has 0 aliphatic heterocycles. The van der Waals surface area contributed by atoms with Gasteiger partial charge in [0.15, 0.2) is 0 Å². The molecule has 0 saturated heterocycles. The molecule has 10 heavy (non-hydrogen) atoms. The fourth-order valence-electron chi connectivity index (χ4n) is 0.500. The molecule has 1 radical (unpaired) electrons. The van der Waals surface area contributed by atoms with E-state index in [4.69, 9.17) is 0 Å².